The average Bonchev–Trinajstić information content (AvgIpc) is 2.30. The molecule has 0 spiro atoms. The first-order valence-corrected chi connectivity index (χ1v) is 5.65. The molecule has 0 saturated heterocycles. The average molecular weight is 357 g/mol. The zero-order valence-corrected chi connectivity index (χ0v) is 11.3. The van der Waals surface area contributed by atoms with E-state index in [1.165, 1.54) is 20.3 Å². The predicted molar refractivity (Wildman–Crippen MR) is 64.2 cm³/mol. The Morgan fingerprint density at radius 3 is 2.65 bits per heavy atom. The molecule has 0 aliphatic carbocycles. The number of hydrogen-bond acceptors (Lipinski definition) is 4. The van der Waals surface area contributed by atoms with Crippen molar-refractivity contribution in [2.75, 3.05) is 14.2 Å². The largest absolute Gasteiger partial charge is 0.481 e. The number of carbonyl (C=O) groups is 1. The van der Waals surface area contributed by atoms with Gasteiger partial charge in [-0.05, 0) is 34.2 Å². The third kappa shape index (κ3) is 3.48. The fraction of sp³-hybridized carbons (Fsp3) is 0.400. The molecule has 0 aliphatic heterocycles. The molecule has 1 rings (SSSR count). The van der Waals surface area contributed by atoms with Gasteiger partial charge in [0, 0.05) is 0 Å². The van der Waals surface area contributed by atoms with Crippen molar-refractivity contribution in [3.63, 3.8) is 0 Å². The van der Waals surface area contributed by atoms with Gasteiger partial charge < -0.3 is 9.47 Å². The lowest BCUT2D eigenvalue weighted by atomic mass is 10.1. The van der Waals surface area contributed by atoms with Crippen molar-refractivity contribution in [2.24, 2.45) is 0 Å². The third-order valence-electron chi connectivity index (χ3n) is 2.03. The Balaban J connectivity index is 3.15. The van der Waals surface area contributed by atoms with Crippen LogP contribution in [0.1, 0.15) is 17.6 Å². The molecule has 7 heteroatoms. The van der Waals surface area contributed by atoms with Gasteiger partial charge in [-0.2, -0.15) is 0 Å². The molecule has 0 unspecified atom stereocenters. The number of ether oxygens (including phenoxy) is 2. The van der Waals surface area contributed by atoms with Crippen LogP contribution in [0.3, 0.4) is 0 Å². The molecule has 0 radical (unpaired) electrons. The predicted octanol–water partition coefficient (Wildman–Crippen LogP) is 2.35. The number of halogens is 3. The molecule has 0 atom stereocenters. The van der Waals surface area contributed by atoms with E-state index in [2.05, 4.69) is 9.72 Å². The highest BCUT2D eigenvalue weighted by molar-refractivity contribution is 14.1. The zero-order chi connectivity index (χ0) is 13.0. The molecule has 1 aromatic heterocycles. The van der Waals surface area contributed by atoms with Crippen LogP contribution >= 0.6 is 22.6 Å². The zero-order valence-electron chi connectivity index (χ0n) is 9.17. The molecule has 17 heavy (non-hydrogen) atoms. The molecule has 1 aromatic rings. The van der Waals surface area contributed by atoms with Gasteiger partial charge >= 0.3 is 5.97 Å². The molecule has 4 nitrogen and oxygen atoms in total. The molecule has 0 aliphatic rings. The summed E-state index contributed by atoms with van der Waals surface area (Å²) >= 11 is 1.86. The molecule has 1 heterocycles. The van der Waals surface area contributed by atoms with Crippen molar-refractivity contribution >= 4 is 28.6 Å². The van der Waals surface area contributed by atoms with Crippen LogP contribution in [-0.4, -0.2) is 25.2 Å². The van der Waals surface area contributed by atoms with E-state index in [0.29, 0.717) is 9.26 Å². The van der Waals surface area contributed by atoms with Gasteiger partial charge in [-0.15, -0.1) is 0 Å². The van der Waals surface area contributed by atoms with Gasteiger partial charge in [0.05, 0.1) is 26.2 Å². The maximum absolute atomic E-state index is 12.7. The molecule has 0 saturated carbocycles. The Kier molecular flexibility index (Phi) is 5.03. The van der Waals surface area contributed by atoms with Crippen molar-refractivity contribution in [1.82, 2.24) is 4.98 Å². The molecule has 0 aromatic carbocycles. The van der Waals surface area contributed by atoms with Gasteiger partial charge in [-0.1, -0.05) is 0 Å². The van der Waals surface area contributed by atoms with Gasteiger partial charge in [-0.25, -0.2) is 13.8 Å². The maximum atomic E-state index is 12.7. The van der Waals surface area contributed by atoms with Crippen molar-refractivity contribution in [3.8, 4) is 5.88 Å². The second kappa shape index (κ2) is 6.08. The summed E-state index contributed by atoms with van der Waals surface area (Å²) in [6.45, 7) is 0. The SMILES string of the molecule is COC(=O)Cc1cc(C(F)F)c(OC)nc1I. The van der Waals surface area contributed by atoms with Crippen molar-refractivity contribution in [2.45, 2.75) is 12.8 Å². The molecular weight excluding hydrogens is 347 g/mol. The van der Waals surface area contributed by atoms with E-state index in [1.54, 1.807) is 0 Å². The number of esters is 1. The summed E-state index contributed by atoms with van der Waals surface area (Å²) in [6.07, 6.45) is -2.79. The summed E-state index contributed by atoms with van der Waals surface area (Å²) in [6, 6.07) is 1.22. The Labute approximate surface area is 110 Å². The lowest BCUT2D eigenvalue weighted by molar-refractivity contribution is -0.139. The number of alkyl halides is 2. The van der Waals surface area contributed by atoms with Gasteiger partial charge in [0.1, 0.15) is 3.70 Å². The number of carbonyl (C=O) groups excluding carboxylic acids is 1. The van der Waals surface area contributed by atoms with E-state index >= 15 is 0 Å². The summed E-state index contributed by atoms with van der Waals surface area (Å²) in [7, 11) is 2.50. The number of nitrogens with zero attached hydrogens (tertiary/aromatic N) is 1. The lowest BCUT2D eigenvalue weighted by Crippen LogP contribution is -2.09. The summed E-state index contributed by atoms with van der Waals surface area (Å²) in [5.74, 6) is -0.631. The number of aromatic nitrogens is 1. The van der Waals surface area contributed by atoms with Crippen molar-refractivity contribution < 1.29 is 23.0 Å². The highest BCUT2D eigenvalue weighted by Gasteiger charge is 2.19. The first kappa shape index (κ1) is 14.1. The van der Waals surface area contributed by atoms with Crippen LogP contribution in [-0.2, 0) is 16.0 Å². The molecular formula is C10H10F2INO3. The number of hydrogen-bond donors (Lipinski definition) is 0. The summed E-state index contributed by atoms with van der Waals surface area (Å²) in [5, 5.41) is 0. The number of rotatable bonds is 4. The monoisotopic (exact) mass is 357 g/mol. The van der Waals surface area contributed by atoms with Gasteiger partial charge in [0.2, 0.25) is 5.88 Å². The van der Waals surface area contributed by atoms with E-state index < -0.39 is 12.4 Å². The van der Waals surface area contributed by atoms with Crippen LogP contribution in [0.2, 0.25) is 0 Å². The fourth-order valence-electron chi connectivity index (χ4n) is 1.21. The van der Waals surface area contributed by atoms with E-state index in [1.807, 2.05) is 22.6 Å². The van der Waals surface area contributed by atoms with Crippen molar-refractivity contribution in [3.05, 3.63) is 20.9 Å². The summed E-state index contributed by atoms with van der Waals surface area (Å²) in [4.78, 5) is 15.0. The van der Waals surface area contributed by atoms with E-state index in [9.17, 15) is 13.6 Å². The minimum atomic E-state index is -2.70. The first-order chi connectivity index (χ1) is 7.99. The molecule has 0 bridgehead atoms. The normalized spacial score (nSPS) is 10.5. The van der Waals surface area contributed by atoms with Crippen LogP contribution in [0, 0.1) is 3.70 Å². The topological polar surface area (TPSA) is 48.4 Å². The Morgan fingerprint density at radius 2 is 2.18 bits per heavy atom. The maximum Gasteiger partial charge on any atom is 0.310 e. The third-order valence-corrected chi connectivity index (χ3v) is 2.97. The smallest absolute Gasteiger partial charge is 0.310 e. The second-order valence-electron chi connectivity index (χ2n) is 3.09. The Bertz CT molecular complexity index is 426. The van der Waals surface area contributed by atoms with Gasteiger partial charge in [0.15, 0.2) is 0 Å². The number of pyridine rings is 1. The van der Waals surface area contributed by atoms with Crippen LogP contribution < -0.4 is 4.74 Å². The Hall–Kier alpha value is -0.990. The van der Waals surface area contributed by atoms with Crippen LogP contribution in [0.25, 0.3) is 0 Å². The summed E-state index contributed by atoms with van der Waals surface area (Å²) in [5.41, 5.74) is 0.0698. The molecule has 0 N–H and O–H groups in total. The standard InChI is InChI=1S/C10H10F2INO3/c1-16-7(15)4-5-3-6(8(11)12)10(17-2)14-9(5)13/h3,8H,4H2,1-2H3. The number of methoxy groups -OCH3 is 2. The second-order valence-corrected chi connectivity index (χ2v) is 4.11. The van der Waals surface area contributed by atoms with Crippen LogP contribution in [0.15, 0.2) is 6.07 Å². The quantitative estimate of drug-likeness (QED) is 0.472. The molecule has 94 valence electrons. The fourth-order valence-corrected chi connectivity index (χ4v) is 1.77. The van der Waals surface area contributed by atoms with E-state index in [-0.39, 0.29) is 17.9 Å². The van der Waals surface area contributed by atoms with E-state index in [0.717, 1.165) is 0 Å². The molecule has 0 amide bonds. The lowest BCUT2D eigenvalue weighted by Gasteiger charge is -2.10. The van der Waals surface area contributed by atoms with Crippen molar-refractivity contribution in [1.29, 1.82) is 0 Å². The van der Waals surface area contributed by atoms with E-state index in [4.69, 9.17) is 4.74 Å². The highest BCUT2D eigenvalue weighted by atomic mass is 127. The summed E-state index contributed by atoms with van der Waals surface area (Å²) < 4.78 is 35.1. The van der Waals surface area contributed by atoms with Crippen LogP contribution in [0.5, 0.6) is 5.88 Å². The van der Waals surface area contributed by atoms with Crippen LogP contribution in [0.4, 0.5) is 8.78 Å². The van der Waals surface area contributed by atoms with Gasteiger partial charge in [-0.3, -0.25) is 4.79 Å². The van der Waals surface area contributed by atoms with Gasteiger partial charge in [0.25, 0.3) is 6.43 Å². The highest BCUT2D eigenvalue weighted by Crippen LogP contribution is 2.30. The minimum Gasteiger partial charge on any atom is -0.481 e. The minimum absolute atomic E-state index is 0.0918. The molecule has 0 fully saturated rings. The Morgan fingerprint density at radius 1 is 1.53 bits per heavy atom. The first-order valence-electron chi connectivity index (χ1n) is 4.57.